The predicted molar refractivity (Wildman–Crippen MR) is 102 cm³/mol. The van der Waals surface area contributed by atoms with Gasteiger partial charge in [0.15, 0.2) is 0 Å². The van der Waals surface area contributed by atoms with Crippen molar-refractivity contribution in [2.75, 3.05) is 6.54 Å². The molecule has 0 unspecified atom stereocenters. The zero-order valence-electron chi connectivity index (χ0n) is 15.3. The molecule has 0 saturated heterocycles. The Bertz CT molecular complexity index is 675. The highest BCUT2D eigenvalue weighted by atomic mass is 35.5. The molecule has 25 heavy (non-hydrogen) atoms. The fraction of sp³-hybridized carbons (Fsp3) is 0.571. The van der Waals surface area contributed by atoms with E-state index in [1.807, 2.05) is 12.1 Å². The van der Waals surface area contributed by atoms with Crippen molar-refractivity contribution in [2.24, 2.45) is 16.7 Å². The van der Waals surface area contributed by atoms with Gasteiger partial charge in [-0.05, 0) is 66.2 Å². The van der Waals surface area contributed by atoms with Gasteiger partial charge in [0, 0.05) is 17.6 Å². The van der Waals surface area contributed by atoms with Crippen molar-refractivity contribution in [3.63, 3.8) is 0 Å². The van der Waals surface area contributed by atoms with Gasteiger partial charge in [0.1, 0.15) is 0 Å². The summed E-state index contributed by atoms with van der Waals surface area (Å²) in [7, 11) is 0. The molecule has 1 aromatic carbocycles. The molecule has 0 radical (unpaired) electrons. The lowest BCUT2D eigenvalue weighted by Gasteiger charge is -2.51. The summed E-state index contributed by atoms with van der Waals surface area (Å²) in [6.45, 7) is 7.07. The van der Waals surface area contributed by atoms with Crippen molar-refractivity contribution in [1.82, 2.24) is 5.32 Å². The van der Waals surface area contributed by atoms with Gasteiger partial charge in [-0.15, -0.1) is 0 Å². The molecule has 2 saturated carbocycles. The summed E-state index contributed by atoms with van der Waals surface area (Å²) in [5.41, 5.74) is 0.102. The number of nitrogens with one attached hydrogen (secondary N) is 1. The number of hydrogen-bond donors (Lipinski definition) is 2. The zero-order valence-corrected chi connectivity index (χ0v) is 16.1. The molecule has 2 aliphatic rings. The van der Waals surface area contributed by atoms with Crippen molar-refractivity contribution in [2.45, 2.75) is 52.1 Å². The van der Waals surface area contributed by atoms with Crippen LogP contribution in [0.3, 0.4) is 0 Å². The van der Waals surface area contributed by atoms with Gasteiger partial charge in [-0.3, -0.25) is 4.79 Å². The number of hydrogen-bond acceptors (Lipinski definition) is 2. The van der Waals surface area contributed by atoms with Crippen LogP contribution in [0.2, 0.25) is 5.02 Å². The summed E-state index contributed by atoms with van der Waals surface area (Å²) in [5, 5.41) is 15.0. The molecule has 0 spiro atoms. The minimum atomic E-state index is -0.712. The van der Waals surface area contributed by atoms with E-state index in [9.17, 15) is 9.90 Å². The average Bonchev–Trinajstić information content (AvgIpc) is 3.03. The van der Waals surface area contributed by atoms with Gasteiger partial charge in [0.25, 0.3) is 0 Å². The number of fused-ring (bicyclic) bond motifs is 2. The lowest BCUT2D eigenvalue weighted by molar-refractivity contribution is -0.147. The second-order valence-corrected chi connectivity index (χ2v) is 8.94. The normalized spacial score (nSPS) is 33.1. The van der Waals surface area contributed by atoms with Crippen molar-refractivity contribution in [3.05, 3.63) is 40.9 Å². The van der Waals surface area contributed by atoms with Crippen LogP contribution in [0.25, 0.3) is 6.08 Å². The average molecular weight is 362 g/mol. The first-order valence-corrected chi connectivity index (χ1v) is 9.50. The molecular formula is C21H28ClNO2. The highest BCUT2D eigenvalue weighted by molar-refractivity contribution is 6.30. The molecular weight excluding hydrogens is 334 g/mol. The smallest absolute Gasteiger partial charge is 0.244 e. The first kappa shape index (κ1) is 18.5. The molecule has 2 N–H and O–H groups in total. The van der Waals surface area contributed by atoms with Gasteiger partial charge in [0.2, 0.25) is 5.91 Å². The van der Waals surface area contributed by atoms with Crippen molar-refractivity contribution in [1.29, 1.82) is 0 Å². The van der Waals surface area contributed by atoms with Crippen LogP contribution in [0.4, 0.5) is 0 Å². The Balaban J connectivity index is 1.55. The third-order valence-corrected chi connectivity index (χ3v) is 7.16. The van der Waals surface area contributed by atoms with E-state index in [4.69, 9.17) is 11.6 Å². The Morgan fingerprint density at radius 1 is 1.32 bits per heavy atom. The van der Waals surface area contributed by atoms with E-state index in [1.165, 1.54) is 12.5 Å². The second kappa shape index (κ2) is 6.44. The van der Waals surface area contributed by atoms with Crippen LogP contribution in [0, 0.1) is 16.7 Å². The van der Waals surface area contributed by atoms with Gasteiger partial charge in [-0.2, -0.15) is 0 Å². The predicted octanol–water partition coefficient (Wildman–Crippen LogP) is 4.44. The SMILES string of the molecule is CC1(C)[C@H]2CC[C@](C)(C2)[C@]1(O)CCNC(=O)/C=C/c1ccc(Cl)cc1. The minimum Gasteiger partial charge on any atom is -0.389 e. The Labute approximate surface area is 155 Å². The van der Waals surface area contributed by atoms with Gasteiger partial charge in [0.05, 0.1) is 5.60 Å². The molecule has 0 heterocycles. The molecule has 0 aliphatic heterocycles. The lowest BCUT2D eigenvalue weighted by atomic mass is 9.59. The monoisotopic (exact) mass is 361 g/mol. The first-order chi connectivity index (χ1) is 11.7. The molecule has 1 amide bonds. The van der Waals surface area contributed by atoms with Crippen LogP contribution < -0.4 is 5.32 Å². The number of aliphatic hydroxyl groups is 1. The molecule has 3 rings (SSSR count). The number of benzene rings is 1. The second-order valence-electron chi connectivity index (χ2n) is 8.51. The van der Waals surface area contributed by atoms with E-state index in [0.717, 1.165) is 18.4 Å². The number of amides is 1. The molecule has 2 fully saturated rings. The van der Waals surface area contributed by atoms with Crippen LogP contribution in [0.5, 0.6) is 0 Å². The van der Waals surface area contributed by atoms with Crippen LogP contribution in [-0.4, -0.2) is 23.2 Å². The summed E-state index contributed by atoms with van der Waals surface area (Å²) >= 11 is 5.85. The van der Waals surface area contributed by atoms with E-state index < -0.39 is 5.60 Å². The quantitative estimate of drug-likeness (QED) is 0.762. The summed E-state index contributed by atoms with van der Waals surface area (Å²) in [6, 6.07) is 7.33. The highest BCUT2D eigenvalue weighted by Gasteiger charge is 2.67. The highest BCUT2D eigenvalue weighted by Crippen LogP contribution is 2.68. The van der Waals surface area contributed by atoms with Crippen LogP contribution >= 0.6 is 11.6 Å². The van der Waals surface area contributed by atoms with E-state index in [0.29, 0.717) is 23.9 Å². The van der Waals surface area contributed by atoms with Gasteiger partial charge in [-0.1, -0.05) is 44.5 Å². The van der Waals surface area contributed by atoms with Crippen molar-refractivity contribution >= 4 is 23.6 Å². The van der Waals surface area contributed by atoms with Gasteiger partial charge in [-0.25, -0.2) is 0 Å². The Hall–Kier alpha value is -1.32. The summed E-state index contributed by atoms with van der Waals surface area (Å²) in [5.74, 6) is 0.452. The molecule has 136 valence electrons. The molecule has 2 bridgehead atoms. The number of carbonyl (C=O) groups excluding carboxylic acids is 1. The molecule has 0 aromatic heterocycles. The van der Waals surface area contributed by atoms with Gasteiger partial charge < -0.3 is 10.4 Å². The third kappa shape index (κ3) is 3.13. The molecule has 1 aromatic rings. The molecule has 3 nitrogen and oxygen atoms in total. The minimum absolute atomic E-state index is 0.0228. The number of carbonyl (C=O) groups is 1. The molecule has 2 aliphatic carbocycles. The first-order valence-electron chi connectivity index (χ1n) is 9.12. The topological polar surface area (TPSA) is 49.3 Å². The van der Waals surface area contributed by atoms with Crippen molar-refractivity contribution in [3.8, 4) is 0 Å². The van der Waals surface area contributed by atoms with E-state index in [1.54, 1.807) is 18.2 Å². The van der Waals surface area contributed by atoms with Crippen molar-refractivity contribution < 1.29 is 9.90 Å². The van der Waals surface area contributed by atoms with Crippen LogP contribution in [0.15, 0.2) is 30.3 Å². The molecule has 3 atom stereocenters. The maximum absolute atomic E-state index is 12.1. The summed E-state index contributed by atoms with van der Waals surface area (Å²) in [4.78, 5) is 12.1. The van der Waals surface area contributed by atoms with Crippen LogP contribution in [0.1, 0.15) is 52.0 Å². The fourth-order valence-electron chi connectivity index (χ4n) is 5.14. The maximum atomic E-state index is 12.1. The molecule has 4 heteroatoms. The summed E-state index contributed by atoms with van der Waals surface area (Å²) < 4.78 is 0. The van der Waals surface area contributed by atoms with E-state index >= 15 is 0 Å². The Morgan fingerprint density at radius 2 is 2.00 bits per heavy atom. The number of halogens is 1. The number of rotatable bonds is 5. The fourth-order valence-corrected chi connectivity index (χ4v) is 5.27. The maximum Gasteiger partial charge on any atom is 0.244 e. The zero-order chi connectivity index (χ0) is 18.3. The van der Waals surface area contributed by atoms with E-state index in [2.05, 4.69) is 26.1 Å². The van der Waals surface area contributed by atoms with Crippen LogP contribution in [-0.2, 0) is 4.79 Å². The summed E-state index contributed by atoms with van der Waals surface area (Å²) in [6.07, 6.45) is 7.29. The Kier molecular flexibility index (Phi) is 4.76. The Morgan fingerprint density at radius 3 is 2.60 bits per heavy atom. The lowest BCUT2D eigenvalue weighted by Crippen LogP contribution is -2.55. The largest absolute Gasteiger partial charge is 0.389 e. The standard InChI is InChI=1S/C21H28ClNO2/c1-19(2)16-10-11-20(3,14-16)21(19,25)12-13-23-18(24)9-6-15-4-7-17(22)8-5-15/h4-9,16,25H,10-14H2,1-3H3,(H,23,24)/b9-6+/t16-,20+,21-/m0/s1. The third-order valence-electron chi connectivity index (χ3n) is 6.91. The van der Waals surface area contributed by atoms with E-state index in [-0.39, 0.29) is 16.7 Å². The van der Waals surface area contributed by atoms with Gasteiger partial charge >= 0.3 is 0 Å².